The minimum atomic E-state index is -0.245. The number of anilines is 1. The van der Waals surface area contributed by atoms with Crippen LogP contribution in [0.5, 0.6) is 0 Å². The molecule has 102 valence electrons. The Morgan fingerprint density at radius 2 is 2.15 bits per heavy atom. The van der Waals surface area contributed by atoms with Crippen LogP contribution in [0.1, 0.15) is 30.4 Å². The van der Waals surface area contributed by atoms with Crippen molar-refractivity contribution in [2.24, 2.45) is 0 Å². The first-order chi connectivity index (χ1) is 9.65. The molecule has 2 heterocycles. The summed E-state index contributed by atoms with van der Waals surface area (Å²) in [6, 6.07) is 7.44. The third-order valence-electron chi connectivity index (χ3n) is 2.90. The monoisotopic (exact) mass is 287 g/mol. The molecular formula is C13H13N5OS. The highest BCUT2D eigenvalue weighted by Crippen LogP contribution is 2.21. The lowest BCUT2D eigenvalue weighted by Crippen LogP contribution is -2.14. The van der Waals surface area contributed by atoms with Crippen molar-refractivity contribution in [3.8, 4) is 0 Å². The van der Waals surface area contributed by atoms with Gasteiger partial charge in [0, 0.05) is 12.2 Å². The molecule has 20 heavy (non-hydrogen) atoms. The van der Waals surface area contributed by atoms with Gasteiger partial charge in [0.2, 0.25) is 0 Å². The first-order valence-electron chi connectivity index (χ1n) is 6.23. The minimum absolute atomic E-state index is 0.225. The average Bonchev–Trinajstić information content (AvgIpc) is 3.08. The predicted octanol–water partition coefficient (Wildman–Crippen LogP) is 2.72. The number of nitrogens with zero attached hydrogens (tertiary/aromatic N) is 4. The Hall–Kier alpha value is -2.28. The summed E-state index contributed by atoms with van der Waals surface area (Å²) in [5.74, 6) is -0.245. The van der Waals surface area contributed by atoms with Crippen LogP contribution < -0.4 is 5.32 Å². The van der Waals surface area contributed by atoms with Crippen molar-refractivity contribution >= 4 is 34.4 Å². The van der Waals surface area contributed by atoms with E-state index in [0.717, 1.165) is 17.2 Å². The third-order valence-corrected chi connectivity index (χ3v) is 3.45. The minimum Gasteiger partial charge on any atom is -0.319 e. The summed E-state index contributed by atoms with van der Waals surface area (Å²) in [6.07, 6.45) is 1.80. The molecule has 0 spiro atoms. The summed E-state index contributed by atoms with van der Waals surface area (Å²) in [5.41, 5.74) is 2.52. The number of nitrogens with one attached hydrogen (secondary N) is 1. The maximum absolute atomic E-state index is 12.2. The van der Waals surface area contributed by atoms with Crippen molar-refractivity contribution < 1.29 is 4.79 Å². The topological polar surface area (TPSA) is 72.7 Å². The Bertz CT molecular complexity index is 761. The fourth-order valence-electron chi connectivity index (χ4n) is 1.84. The maximum Gasteiger partial charge on any atom is 0.276 e. The van der Waals surface area contributed by atoms with Crippen molar-refractivity contribution in [1.29, 1.82) is 0 Å². The molecule has 0 radical (unpaired) electrons. The fraction of sp³-hybridized carbons (Fsp3) is 0.231. The zero-order chi connectivity index (χ0) is 14.1. The van der Waals surface area contributed by atoms with Gasteiger partial charge in [-0.3, -0.25) is 9.48 Å². The molecule has 0 bridgehead atoms. The molecule has 1 N–H and O–H groups in total. The summed E-state index contributed by atoms with van der Waals surface area (Å²) in [7, 11) is 0. The molecule has 3 aromatic rings. The number of carbonyl (C=O) groups excluding carboxylic acids is 1. The lowest BCUT2D eigenvalue weighted by Gasteiger charge is -2.05. The van der Waals surface area contributed by atoms with Crippen molar-refractivity contribution in [3.05, 3.63) is 36.2 Å². The standard InChI is InChI=1S/C13H13N5OS/c1-8(2)18-7-6-11(15-18)13(19)14-9-4-3-5-10-12(9)17-20-16-10/h3-8H,1-2H3,(H,14,19). The van der Waals surface area contributed by atoms with Crippen molar-refractivity contribution in [2.45, 2.75) is 19.9 Å². The third kappa shape index (κ3) is 2.27. The number of hydrogen-bond donors (Lipinski definition) is 1. The SMILES string of the molecule is CC(C)n1ccc(C(=O)Nc2cccc3nsnc23)n1. The highest BCUT2D eigenvalue weighted by atomic mass is 32.1. The zero-order valence-electron chi connectivity index (χ0n) is 11.1. The van der Waals surface area contributed by atoms with E-state index < -0.39 is 0 Å². The van der Waals surface area contributed by atoms with Gasteiger partial charge in [-0.1, -0.05) is 6.07 Å². The van der Waals surface area contributed by atoms with Gasteiger partial charge >= 0.3 is 0 Å². The van der Waals surface area contributed by atoms with E-state index >= 15 is 0 Å². The average molecular weight is 287 g/mol. The Balaban J connectivity index is 1.86. The van der Waals surface area contributed by atoms with Crippen LogP contribution in [-0.2, 0) is 0 Å². The van der Waals surface area contributed by atoms with E-state index in [2.05, 4.69) is 19.2 Å². The summed E-state index contributed by atoms with van der Waals surface area (Å²) in [6.45, 7) is 4.02. The van der Waals surface area contributed by atoms with Crippen LogP contribution in [0.25, 0.3) is 11.0 Å². The van der Waals surface area contributed by atoms with E-state index in [-0.39, 0.29) is 11.9 Å². The summed E-state index contributed by atoms with van der Waals surface area (Å²) < 4.78 is 10.1. The van der Waals surface area contributed by atoms with Crippen LogP contribution >= 0.6 is 11.7 Å². The van der Waals surface area contributed by atoms with Crippen LogP contribution in [0.4, 0.5) is 5.69 Å². The van der Waals surface area contributed by atoms with E-state index in [0.29, 0.717) is 16.9 Å². The number of fused-ring (bicyclic) bond motifs is 1. The molecule has 0 aliphatic heterocycles. The quantitative estimate of drug-likeness (QED) is 0.804. The lowest BCUT2D eigenvalue weighted by molar-refractivity contribution is 0.102. The maximum atomic E-state index is 12.2. The second-order valence-electron chi connectivity index (χ2n) is 4.67. The van der Waals surface area contributed by atoms with Crippen LogP contribution in [-0.4, -0.2) is 24.4 Å². The van der Waals surface area contributed by atoms with Crippen LogP contribution in [0.15, 0.2) is 30.5 Å². The molecule has 0 saturated heterocycles. The van der Waals surface area contributed by atoms with Crippen molar-refractivity contribution in [3.63, 3.8) is 0 Å². The van der Waals surface area contributed by atoms with Crippen LogP contribution in [0, 0.1) is 0 Å². The Kier molecular flexibility index (Phi) is 3.19. The molecule has 2 aromatic heterocycles. The molecule has 0 saturated carbocycles. The first-order valence-corrected chi connectivity index (χ1v) is 6.96. The van der Waals surface area contributed by atoms with Crippen molar-refractivity contribution in [2.75, 3.05) is 5.32 Å². The Labute approximate surface area is 119 Å². The van der Waals surface area contributed by atoms with Gasteiger partial charge in [-0.05, 0) is 32.0 Å². The highest BCUT2D eigenvalue weighted by Gasteiger charge is 2.13. The molecule has 0 atom stereocenters. The molecule has 3 rings (SSSR count). The van der Waals surface area contributed by atoms with E-state index in [4.69, 9.17) is 0 Å². The molecule has 6 nitrogen and oxygen atoms in total. The largest absolute Gasteiger partial charge is 0.319 e. The van der Waals surface area contributed by atoms with Gasteiger partial charge in [0.15, 0.2) is 5.69 Å². The normalized spacial score (nSPS) is 11.2. The van der Waals surface area contributed by atoms with Gasteiger partial charge in [-0.25, -0.2) is 0 Å². The van der Waals surface area contributed by atoms with Crippen LogP contribution in [0.2, 0.25) is 0 Å². The smallest absolute Gasteiger partial charge is 0.276 e. The molecule has 0 aliphatic carbocycles. The highest BCUT2D eigenvalue weighted by molar-refractivity contribution is 7.00. The first kappa shape index (κ1) is 12.7. The molecule has 1 aromatic carbocycles. The predicted molar refractivity (Wildman–Crippen MR) is 78.0 cm³/mol. The van der Waals surface area contributed by atoms with E-state index in [9.17, 15) is 4.79 Å². The Morgan fingerprint density at radius 3 is 2.90 bits per heavy atom. The number of benzene rings is 1. The van der Waals surface area contributed by atoms with E-state index in [1.165, 1.54) is 0 Å². The fourth-order valence-corrected chi connectivity index (χ4v) is 2.39. The van der Waals surface area contributed by atoms with Crippen molar-refractivity contribution in [1.82, 2.24) is 18.5 Å². The summed E-state index contributed by atoms with van der Waals surface area (Å²) in [5, 5.41) is 7.07. The molecule has 7 heteroatoms. The van der Waals surface area contributed by atoms with Gasteiger partial charge in [-0.2, -0.15) is 13.8 Å². The number of rotatable bonds is 3. The van der Waals surface area contributed by atoms with Crippen LogP contribution in [0.3, 0.4) is 0 Å². The molecule has 0 fully saturated rings. The van der Waals surface area contributed by atoms with Gasteiger partial charge in [0.1, 0.15) is 11.0 Å². The van der Waals surface area contributed by atoms with Gasteiger partial charge in [0.25, 0.3) is 5.91 Å². The molecule has 0 unspecified atom stereocenters. The summed E-state index contributed by atoms with van der Waals surface area (Å²) >= 11 is 1.13. The molecule has 0 aliphatic rings. The van der Waals surface area contributed by atoms with Gasteiger partial charge in [-0.15, -0.1) is 0 Å². The molecule has 1 amide bonds. The van der Waals surface area contributed by atoms with Gasteiger partial charge < -0.3 is 5.32 Å². The number of carbonyl (C=O) groups is 1. The zero-order valence-corrected chi connectivity index (χ0v) is 11.9. The van der Waals surface area contributed by atoms with E-state index in [1.807, 2.05) is 26.0 Å². The van der Waals surface area contributed by atoms with E-state index in [1.54, 1.807) is 23.0 Å². The molecular weight excluding hydrogens is 274 g/mol. The number of amides is 1. The second-order valence-corrected chi connectivity index (χ2v) is 5.19. The lowest BCUT2D eigenvalue weighted by atomic mass is 10.2. The number of hydrogen-bond acceptors (Lipinski definition) is 5. The summed E-state index contributed by atoms with van der Waals surface area (Å²) in [4.78, 5) is 12.2. The second kappa shape index (κ2) is 5.01. The number of aromatic nitrogens is 4. The Morgan fingerprint density at radius 1 is 1.30 bits per heavy atom. The van der Waals surface area contributed by atoms with Gasteiger partial charge in [0.05, 0.1) is 17.4 Å².